The fourth-order valence-electron chi connectivity index (χ4n) is 1.41. The Bertz CT molecular complexity index is 554. The van der Waals surface area contributed by atoms with Crippen LogP contribution in [0.4, 0.5) is 0 Å². The number of carbonyl (C=O) groups is 1. The number of benzene rings is 1. The van der Waals surface area contributed by atoms with Gasteiger partial charge in [-0.2, -0.15) is 0 Å². The number of carboxylic acids is 1. The molecule has 18 heavy (non-hydrogen) atoms. The van der Waals surface area contributed by atoms with E-state index >= 15 is 0 Å². The first-order valence-corrected chi connectivity index (χ1v) is 6.03. The lowest BCUT2D eigenvalue weighted by Gasteiger charge is -2.06. The summed E-state index contributed by atoms with van der Waals surface area (Å²) < 4.78 is 6.33. The molecule has 0 saturated heterocycles. The highest BCUT2D eigenvalue weighted by molar-refractivity contribution is 9.10. The van der Waals surface area contributed by atoms with Crippen LogP contribution in [0.1, 0.15) is 5.56 Å². The third-order valence-corrected chi connectivity index (χ3v) is 2.82. The van der Waals surface area contributed by atoms with Crippen molar-refractivity contribution in [1.29, 1.82) is 0 Å². The van der Waals surface area contributed by atoms with E-state index in [1.807, 2.05) is 6.07 Å². The number of aliphatic carboxylic acids is 1. The molecule has 0 aliphatic rings. The van der Waals surface area contributed by atoms with E-state index in [4.69, 9.17) is 9.84 Å². The maximum atomic E-state index is 10.5. The lowest BCUT2D eigenvalue weighted by Crippen LogP contribution is -1.99. The van der Waals surface area contributed by atoms with Gasteiger partial charge in [-0.3, -0.25) is 4.79 Å². The standard InChI is InChI=1S/C13H10BrNO3/c14-11-2-1-7-15-13(11)18-10-5-3-9(4-6-10)8-12(16)17/h1-7H,8H2,(H,16,17). The maximum Gasteiger partial charge on any atom is 0.307 e. The molecule has 0 radical (unpaired) electrons. The van der Waals surface area contributed by atoms with Crippen LogP contribution >= 0.6 is 15.9 Å². The van der Waals surface area contributed by atoms with Crippen LogP contribution in [-0.4, -0.2) is 16.1 Å². The molecule has 5 heteroatoms. The molecule has 4 nitrogen and oxygen atoms in total. The predicted molar refractivity (Wildman–Crippen MR) is 69.8 cm³/mol. The number of halogens is 1. The van der Waals surface area contributed by atoms with E-state index in [-0.39, 0.29) is 6.42 Å². The molecule has 92 valence electrons. The first kappa shape index (κ1) is 12.6. The summed E-state index contributed by atoms with van der Waals surface area (Å²) in [6, 6.07) is 10.5. The van der Waals surface area contributed by atoms with Crippen LogP contribution in [0.15, 0.2) is 47.1 Å². The highest BCUT2D eigenvalue weighted by Crippen LogP contribution is 2.26. The van der Waals surface area contributed by atoms with Gasteiger partial charge >= 0.3 is 5.97 Å². The van der Waals surface area contributed by atoms with Gasteiger partial charge in [0, 0.05) is 6.20 Å². The minimum atomic E-state index is -0.851. The molecule has 0 spiro atoms. The topological polar surface area (TPSA) is 59.4 Å². The third-order valence-electron chi connectivity index (χ3n) is 2.22. The number of ether oxygens (including phenoxy) is 1. The molecular weight excluding hydrogens is 298 g/mol. The summed E-state index contributed by atoms with van der Waals surface area (Å²) >= 11 is 3.34. The van der Waals surface area contributed by atoms with E-state index < -0.39 is 5.97 Å². The summed E-state index contributed by atoms with van der Waals surface area (Å²) in [5.74, 6) is 0.239. The molecule has 0 unspecified atom stereocenters. The van der Waals surface area contributed by atoms with Gasteiger partial charge in [-0.05, 0) is 45.8 Å². The van der Waals surface area contributed by atoms with Crippen molar-refractivity contribution in [3.05, 3.63) is 52.6 Å². The first-order valence-electron chi connectivity index (χ1n) is 5.24. The number of hydrogen-bond donors (Lipinski definition) is 1. The molecule has 1 aromatic heterocycles. The molecule has 2 aromatic rings. The molecule has 2 rings (SSSR count). The minimum Gasteiger partial charge on any atom is -0.481 e. The SMILES string of the molecule is O=C(O)Cc1ccc(Oc2ncccc2Br)cc1. The maximum absolute atomic E-state index is 10.5. The van der Waals surface area contributed by atoms with Gasteiger partial charge in [0.25, 0.3) is 0 Å². The highest BCUT2D eigenvalue weighted by atomic mass is 79.9. The average molecular weight is 308 g/mol. The Labute approximate surface area is 112 Å². The summed E-state index contributed by atoms with van der Waals surface area (Å²) in [4.78, 5) is 14.6. The number of aromatic nitrogens is 1. The van der Waals surface area contributed by atoms with Crippen LogP contribution < -0.4 is 4.74 Å². The Morgan fingerprint density at radius 2 is 2.00 bits per heavy atom. The van der Waals surface area contributed by atoms with Crippen LogP contribution in [0.3, 0.4) is 0 Å². The third kappa shape index (κ3) is 3.30. The number of nitrogens with zero attached hydrogens (tertiary/aromatic N) is 1. The second-order valence-electron chi connectivity index (χ2n) is 3.61. The van der Waals surface area contributed by atoms with Crippen molar-refractivity contribution in [2.75, 3.05) is 0 Å². The zero-order valence-corrected chi connectivity index (χ0v) is 10.9. The predicted octanol–water partition coefficient (Wildman–Crippen LogP) is 3.26. The molecule has 0 fully saturated rings. The van der Waals surface area contributed by atoms with E-state index in [2.05, 4.69) is 20.9 Å². The van der Waals surface area contributed by atoms with Crippen molar-refractivity contribution >= 4 is 21.9 Å². The van der Waals surface area contributed by atoms with E-state index in [0.717, 1.165) is 10.0 Å². The fraction of sp³-hybridized carbons (Fsp3) is 0.0769. The van der Waals surface area contributed by atoms with Crippen LogP contribution in [0.2, 0.25) is 0 Å². The summed E-state index contributed by atoms with van der Waals surface area (Å²) in [6.07, 6.45) is 1.65. The molecule has 0 bridgehead atoms. The van der Waals surface area contributed by atoms with Gasteiger partial charge in [0.05, 0.1) is 10.9 Å². The normalized spacial score (nSPS) is 10.1. The zero-order chi connectivity index (χ0) is 13.0. The van der Waals surface area contributed by atoms with Crippen molar-refractivity contribution in [2.24, 2.45) is 0 Å². The Balaban J connectivity index is 2.11. The van der Waals surface area contributed by atoms with E-state index in [1.165, 1.54) is 0 Å². The lowest BCUT2D eigenvalue weighted by molar-refractivity contribution is -0.136. The van der Waals surface area contributed by atoms with Gasteiger partial charge in [0.15, 0.2) is 0 Å². The summed E-state index contributed by atoms with van der Waals surface area (Å²) in [5, 5.41) is 8.66. The smallest absolute Gasteiger partial charge is 0.307 e. The zero-order valence-electron chi connectivity index (χ0n) is 9.34. The van der Waals surface area contributed by atoms with Gasteiger partial charge in [-0.15, -0.1) is 0 Å². The monoisotopic (exact) mass is 307 g/mol. The number of pyridine rings is 1. The molecule has 1 N–H and O–H groups in total. The first-order chi connectivity index (χ1) is 8.65. The molecule has 1 aromatic carbocycles. The number of hydrogen-bond acceptors (Lipinski definition) is 3. The van der Waals surface area contributed by atoms with Gasteiger partial charge < -0.3 is 9.84 Å². The van der Waals surface area contributed by atoms with Crippen LogP contribution in [-0.2, 0) is 11.2 Å². The number of carboxylic acid groups (broad SMARTS) is 1. The molecule has 0 aliphatic carbocycles. The highest BCUT2D eigenvalue weighted by Gasteiger charge is 2.04. The van der Waals surface area contributed by atoms with Crippen LogP contribution in [0.25, 0.3) is 0 Å². The van der Waals surface area contributed by atoms with Crippen molar-refractivity contribution in [2.45, 2.75) is 6.42 Å². The van der Waals surface area contributed by atoms with Gasteiger partial charge in [0.2, 0.25) is 5.88 Å². The van der Waals surface area contributed by atoms with E-state index in [9.17, 15) is 4.79 Å². The van der Waals surface area contributed by atoms with Crippen LogP contribution in [0.5, 0.6) is 11.6 Å². The Morgan fingerprint density at radius 3 is 2.61 bits per heavy atom. The molecule has 0 saturated carbocycles. The minimum absolute atomic E-state index is 0.00750. The summed E-state index contributed by atoms with van der Waals surface area (Å²) in [6.45, 7) is 0. The van der Waals surface area contributed by atoms with Crippen LogP contribution in [0, 0.1) is 0 Å². The van der Waals surface area contributed by atoms with Crippen molar-refractivity contribution in [3.63, 3.8) is 0 Å². The van der Waals surface area contributed by atoms with Gasteiger partial charge in [0.1, 0.15) is 5.75 Å². The number of rotatable bonds is 4. The van der Waals surface area contributed by atoms with Crippen molar-refractivity contribution in [3.8, 4) is 11.6 Å². The largest absolute Gasteiger partial charge is 0.481 e. The summed E-state index contributed by atoms with van der Waals surface area (Å²) in [7, 11) is 0. The Kier molecular flexibility index (Phi) is 3.94. The van der Waals surface area contributed by atoms with Crippen molar-refractivity contribution < 1.29 is 14.6 Å². The fourth-order valence-corrected chi connectivity index (χ4v) is 1.74. The quantitative estimate of drug-likeness (QED) is 0.942. The molecule has 1 heterocycles. The summed E-state index contributed by atoms with van der Waals surface area (Å²) in [5.41, 5.74) is 0.731. The van der Waals surface area contributed by atoms with Gasteiger partial charge in [-0.1, -0.05) is 12.1 Å². The Hall–Kier alpha value is -1.88. The second kappa shape index (κ2) is 5.64. The molecule has 0 aliphatic heterocycles. The Morgan fingerprint density at radius 1 is 1.28 bits per heavy atom. The average Bonchev–Trinajstić information content (AvgIpc) is 2.34. The lowest BCUT2D eigenvalue weighted by atomic mass is 10.1. The molecular formula is C13H10BrNO3. The van der Waals surface area contributed by atoms with Gasteiger partial charge in [-0.25, -0.2) is 4.98 Å². The van der Waals surface area contributed by atoms with Crippen molar-refractivity contribution in [1.82, 2.24) is 4.98 Å². The second-order valence-corrected chi connectivity index (χ2v) is 4.46. The van der Waals surface area contributed by atoms with E-state index in [1.54, 1.807) is 36.5 Å². The van der Waals surface area contributed by atoms with E-state index in [0.29, 0.717) is 11.6 Å². The molecule has 0 atom stereocenters. The molecule has 0 amide bonds.